The van der Waals surface area contributed by atoms with Gasteiger partial charge in [-0.25, -0.2) is 9.97 Å². The van der Waals surface area contributed by atoms with Gasteiger partial charge in [-0.1, -0.05) is 6.92 Å². The Hall–Kier alpha value is -1.74. The first-order valence-corrected chi connectivity index (χ1v) is 7.99. The number of aromatic nitrogens is 2. The first-order valence-electron chi connectivity index (χ1n) is 6.32. The molecule has 0 aliphatic rings. The fraction of sp³-hybridized carbons (Fsp3) is 0.333. The van der Waals surface area contributed by atoms with E-state index in [1.807, 2.05) is 18.4 Å². The Morgan fingerprint density at radius 1 is 1.38 bits per heavy atom. The summed E-state index contributed by atoms with van der Waals surface area (Å²) in [6.45, 7) is 3.06. The zero-order valence-corrected chi connectivity index (χ0v) is 13.7. The third-order valence-corrected chi connectivity index (χ3v) is 4.58. The molecule has 112 valence electrons. The van der Waals surface area contributed by atoms with E-state index in [0.717, 1.165) is 15.8 Å². The molecule has 2 aromatic heterocycles. The highest BCUT2D eigenvalue weighted by Crippen LogP contribution is 2.30. The van der Waals surface area contributed by atoms with Crippen LogP contribution in [0.2, 0.25) is 0 Å². The van der Waals surface area contributed by atoms with E-state index in [0.29, 0.717) is 13.1 Å². The quantitative estimate of drug-likeness (QED) is 0.569. The third-order valence-electron chi connectivity index (χ3n) is 2.65. The molecule has 0 atom stereocenters. The van der Waals surface area contributed by atoms with Crippen LogP contribution in [0.5, 0.6) is 0 Å². The predicted octanol–water partition coefficient (Wildman–Crippen LogP) is 3.64. The molecule has 0 saturated heterocycles. The fourth-order valence-corrected chi connectivity index (χ4v) is 3.10. The number of hydrogen-bond acceptors (Lipinski definition) is 7. The van der Waals surface area contributed by atoms with Crippen LogP contribution >= 0.6 is 27.3 Å². The molecule has 0 saturated carbocycles. The van der Waals surface area contributed by atoms with E-state index in [4.69, 9.17) is 0 Å². The van der Waals surface area contributed by atoms with Crippen molar-refractivity contribution in [3.63, 3.8) is 0 Å². The van der Waals surface area contributed by atoms with Gasteiger partial charge in [-0.15, -0.1) is 11.3 Å². The second-order valence-electron chi connectivity index (χ2n) is 4.15. The summed E-state index contributed by atoms with van der Waals surface area (Å²) in [7, 11) is 0. The summed E-state index contributed by atoms with van der Waals surface area (Å²) in [6.07, 6.45) is 2.17. The molecule has 0 radical (unpaired) electrons. The van der Waals surface area contributed by atoms with Crippen molar-refractivity contribution < 1.29 is 4.92 Å². The summed E-state index contributed by atoms with van der Waals surface area (Å²) < 4.78 is 0.973. The van der Waals surface area contributed by atoms with Crippen molar-refractivity contribution in [1.29, 1.82) is 0 Å². The normalized spacial score (nSPS) is 10.4. The molecule has 0 spiro atoms. The second-order valence-corrected chi connectivity index (χ2v) is 6.00. The molecule has 9 heteroatoms. The van der Waals surface area contributed by atoms with Crippen molar-refractivity contribution in [3.8, 4) is 0 Å². The molecule has 0 amide bonds. The van der Waals surface area contributed by atoms with Crippen LogP contribution in [0.4, 0.5) is 17.3 Å². The zero-order chi connectivity index (χ0) is 15.2. The van der Waals surface area contributed by atoms with Crippen molar-refractivity contribution in [1.82, 2.24) is 9.97 Å². The Morgan fingerprint density at radius 2 is 2.10 bits per heavy atom. The fourth-order valence-electron chi connectivity index (χ4n) is 1.67. The molecule has 2 aromatic rings. The summed E-state index contributed by atoms with van der Waals surface area (Å²) in [5.74, 6) is 0.457. The molecular weight excluding hydrogens is 358 g/mol. The number of halogens is 1. The maximum Gasteiger partial charge on any atom is 0.353 e. The van der Waals surface area contributed by atoms with Crippen LogP contribution in [0, 0.1) is 10.1 Å². The lowest BCUT2D eigenvalue weighted by Gasteiger charge is -2.09. The molecule has 2 rings (SSSR count). The van der Waals surface area contributed by atoms with Crippen LogP contribution < -0.4 is 10.6 Å². The maximum absolute atomic E-state index is 11.3. The molecule has 0 bridgehead atoms. The van der Waals surface area contributed by atoms with Crippen molar-refractivity contribution >= 4 is 44.6 Å². The lowest BCUT2D eigenvalue weighted by atomic mass is 10.4. The number of nitro groups is 1. The van der Waals surface area contributed by atoms with Crippen LogP contribution in [-0.2, 0) is 6.54 Å². The lowest BCUT2D eigenvalue weighted by Crippen LogP contribution is -2.10. The minimum absolute atomic E-state index is 0.126. The van der Waals surface area contributed by atoms with Crippen molar-refractivity contribution in [2.24, 2.45) is 0 Å². The van der Waals surface area contributed by atoms with Gasteiger partial charge in [0.1, 0.15) is 6.33 Å². The molecule has 21 heavy (non-hydrogen) atoms. The summed E-state index contributed by atoms with van der Waals surface area (Å²) >= 11 is 4.99. The van der Waals surface area contributed by atoms with E-state index in [-0.39, 0.29) is 17.3 Å². The number of rotatable bonds is 7. The number of anilines is 2. The monoisotopic (exact) mass is 371 g/mol. The lowest BCUT2D eigenvalue weighted by molar-refractivity contribution is -0.383. The topological polar surface area (TPSA) is 93.0 Å². The van der Waals surface area contributed by atoms with Crippen LogP contribution in [0.3, 0.4) is 0 Å². The van der Waals surface area contributed by atoms with Crippen molar-refractivity contribution in [2.75, 3.05) is 17.2 Å². The Kier molecular flexibility index (Phi) is 5.45. The van der Waals surface area contributed by atoms with E-state index >= 15 is 0 Å². The molecule has 2 N–H and O–H groups in total. The highest BCUT2D eigenvalue weighted by molar-refractivity contribution is 9.10. The Morgan fingerprint density at radius 3 is 2.67 bits per heavy atom. The van der Waals surface area contributed by atoms with Crippen LogP contribution in [0.25, 0.3) is 0 Å². The molecule has 0 unspecified atom stereocenters. The van der Waals surface area contributed by atoms with Gasteiger partial charge in [-0.3, -0.25) is 10.1 Å². The van der Waals surface area contributed by atoms with Crippen LogP contribution in [0.1, 0.15) is 18.2 Å². The third kappa shape index (κ3) is 3.88. The molecular formula is C12H14BrN5O2S. The number of hydrogen-bond donors (Lipinski definition) is 2. The molecule has 0 aliphatic heterocycles. The first-order chi connectivity index (χ1) is 10.1. The van der Waals surface area contributed by atoms with Gasteiger partial charge in [0.25, 0.3) is 0 Å². The van der Waals surface area contributed by atoms with Gasteiger partial charge in [0.2, 0.25) is 11.6 Å². The van der Waals surface area contributed by atoms with Crippen molar-refractivity contribution in [3.05, 3.63) is 37.2 Å². The maximum atomic E-state index is 11.3. The standard InChI is InChI=1S/C12H14BrN5O2S/c1-2-4-14-11-10(18(19)20)12(17-7-16-11)15-6-9-8(13)3-5-21-9/h3,5,7H,2,4,6H2,1H3,(H2,14,15,16,17). The van der Waals surface area contributed by atoms with E-state index in [1.165, 1.54) is 6.33 Å². The minimum atomic E-state index is -0.468. The van der Waals surface area contributed by atoms with Gasteiger partial charge in [-0.05, 0) is 33.8 Å². The average molecular weight is 372 g/mol. The summed E-state index contributed by atoms with van der Waals surface area (Å²) in [6, 6.07) is 1.93. The second kappa shape index (κ2) is 7.32. The van der Waals surface area contributed by atoms with Gasteiger partial charge in [0.15, 0.2) is 0 Å². The molecule has 0 aromatic carbocycles. The average Bonchev–Trinajstić information content (AvgIpc) is 2.87. The summed E-state index contributed by atoms with van der Waals surface area (Å²) in [5, 5.41) is 19.2. The largest absolute Gasteiger partial charge is 0.364 e. The van der Waals surface area contributed by atoms with Gasteiger partial charge < -0.3 is 10.6 Å². The minimum Gasteiger partial charge on any atom is -0.364 e. The molecule has 7 nitrogen and oxygen atoms in total. The zero-order valence-electron chi connectivity index (χ0n) is 11.3. The number of nitrogens with zero attached hydrogens (tertiary/aromatic N) is 3. The van der Waals surface area contributed by atoms with Crippen LogP contribution in [0.15, 0.2) is 22.2 Å². The Labute approximate surface area is 134 Å². The smallest absolute Gasteiger partial charge is 0.353 e. The highest BCUT2D eigenvalue weighted by Gasteiger charge is 2.22. The van der Waals surface area contributed by atoms with Gasteiger partial charge in [-0.2, -0.15) is 0 Å². The van der Waals surface area contributed by atoms with E-state index in [9.17, 15) is 10.1 Å². The molecule has 0 aliphatic carbocycles. The summed E-state index contributed by atoms with van der Waals surface area (Å²) in [4.78, 5) is 19.8. The summed E-state index contributed by atoms with van der Waals surface area (Å²) in [5.41, 5.74) is -0.126. The van der Waals surface area contributed by atoms with Gasteiger partial charge in [0.05, 0.1) is 11.5 Å². The molecule has 2 heterocycles. The Balaban J connectivity index is 2.21. The number of thiophene rings is 1. The van der Waals surface area contributed by atoms with Gasteiger partial charge >= 0.3 is 5.69 Å². The van der Waals surface area contributed by atoms with E-state index < -0.39 is 4.92 Å². The van der Waals surface area contributed by atoms with E-state index in [1.54, 1.807) is 11.3 Å². The number of nitrogens with one attached hydrogen (secondary N) is 2. The Bertz CT molecular complexity index is 634. The highest BCUT2D eigenvalue weighted by atomic mass is 79.9. The van der Waals surface area contributed by atoms with Gasteiger partial charge in [0, 0.05) is 15.9 Å². The first kappa shape index (κ1) is 15.6. The predicted molar refractivity (Wildman–Crippen MR) is 86.8 cm³/mol. The van der Waals surface area contributed by atoms with E-state index in [2.05, 4.69) is 36.5 Å². The van der Waals surface area contributed by atoms with Crippen LogP contribution in [-0.4, -0.2) is 21.4 Å². The SMILES string of the molecule is CCCNc1ncnc(NCc2sccc2Br)c1[N+](=O)[O-]. The van der Waals surface area contributed by atoms with Crippen molar-refractivity contribution in [2.45, 2.75) is 19.9 Å². The molecule has 0 fully saturated rings.